The highest BCUT2D eigenvalue weighted by atomic mass is 32.1. The van der Waals surface area contributed by atoms with Crippen LogP contribution in [-0.4, -0.2) is 60.9 Å². The second kappa shape index (κ2) is 8.53. The van der Waals surface area contributed by atoms with E-state index in [4.69, 9.17) is 0 Å². The molecule has 0 radical (unpaired) electrons. The summed E-state index contributed by atoms with van der Waals surface area (Å²) < 4.78 is 0. The number of rotatable bonds is 6. The molecule has 1 amide bonds. The van der Waals surface area contributed by atoms with Crippen LogP contribution in [0.25, 0.3) is 0 Å². The summed E-state index contributed by atoms with van der Waals surface area (Å²) in [4.78, 5) is 24.1. The molecule has 122 valence electrons. The van der Waals surface area contributed by atoms with E-state index in [0.29, 0.717) is 19.0 Å². The van der Waals surface area contributed by atoms with Crippen molar-refractivity contribution in [1.29, 1.82) is 0 Å². The van der Waals surface area contributed by atoms with E-state index in [0.717, 1.165) is 16.3 Å². The third-order valence-electron chi connectivity index (χ3n) is 2.84. The zero-order chi connectivity index (χ0) is 16.7. The van der Waals surface area contributed by atoms with Gasteiger partial charge in [-0.05, 0) is 13.8 Å². The molecule has 0 unspecified atom stereocenters. The SMILES string of the molecule is C=C(C)CNC(=NCC(=O)N(C)C)N(C)Cc1csc(C)n1. The van der Waals surface area contributed by atoms with Crippen LogP contribution in [0.1, 0.15) is 17.6 Å². The molecule has 0 fully saturated rings. The summed E-state index contributed by atoms with van der Waals surface area (Å²) in [6.45, 7) is 9.18. The molecule has 6 nitrogen and oxygen atoms in total. The van der Waals surface area contributed by atoms with Gasteiger partial charge in [0.15, 0.2) is 5.96 Å². The van der Waals surface area contributed by atoms with Gasteiger partial charge in [-0.3, -0.25) is 4.79 Å². The number of thiazole rings is 1. The van der Waals surface area contributed by atoms with Crippen LogP contribution in [0.3, 0.4) is 0 Å². The Bertz CT molecular complexity index is 550. The predicted molar refractivity (Wildman–Crippen MR) is 92.1 cm³/mol. The summed E-state index contributed by atoms with van der Waals surface area (Å²) in [6.07, 6.45) is 0. The number of hydrogen-bond acceptors (Lipinski definition) is 4. The highest BCUT2D eigenvalue weighted by Gasteiger charge is 2.10. The molecule has 0 spiro atoms. The molecule has 0 aliphatic rings. The number of aryl methyl sites for hydroxylation is 1. The first-order chi connectivity index (χ1) is 10.3. The molecule has 1 aromatic rings. The van der Waals surface area contributed by atoms with Crippen LogP contribution in [0, 0.1) is 6.92 Å². The molecule has 1 heterocycles. The van der Waals surface area contributed by atoms with Crippen LogP contribution in [0.15, 0.2) is 22.5 Å². The van der Waals surface area contributed by atoms with Crippen LogP contribution >= 0.6 is 11.3 Å². The lowest BCUT2D eigenvalue weighted by Gasteiger charge is -2.22. The number of guanidine groups is 1. The second-order valence-electron chi connectivity index (χ2n) is 5.45. The van der Waals surface area contributed by atoms with Gasteiger partial charge in [-0.2, -0.15) is 0 Å². The molecule has 1 rings (SSSR count). The topological polar surface area (TPSA) is 60.8 Å². The number of nitrogens with one attached hydrogen (secondary N) is 1. The summed E-state index contributed by atoms with van der Waals surface area (Å²) in [6, 6.07) is 0. The van der Waals surface area contributed by atoms with E-state index in [1.54, 1.807) is 25.4 Å². The molecular weight excluding hydrogens is 298 g/mol. The molecule has 0 aliphatic heterocycles. The van der Waals surface area contributed by atoms with Crippen molar-refractivity contribution in [3.8, 4) is 0 Å². The summed E-state index contributed by atoms with van der Waals surface area (Å²) in [5.74, 6) is 0.636. The van der Waals surface area contributed by atoms with E-state index in [9.17, 15) is 4.79 Å². The van der Waals surface area contributed by atoms with Gasteiger partial charge in [0.05, 0.1) is 17.2 Å². The molecule has 1 aromatic heterocycles. The van der Waals surface area contributed by atoms with E-state index in [1.165, 1.54) is 4.90 Å². The van der Waals surface area contributed by atoms with Crippen LogP contribution in [0.2, 0.25) is 0 Å². The molecular formula is C15H25N5OS. The second-order valence-corrected chi connectivity index (χ2v) is 6.51. The van der Waals surface area contributed by atoms with E-state index in [-0.39, 0.29) is 12.5 Å². The fourth-order valence-electron chi connectivity index (χ4n) is 1.62. The maximum atomic E-state index is 11.7. The van der Waals surface area contributed by atoms with Gasteiger partial charge in [-0.15, -0.1) is 11.3 Å². The maximum absolute atomic E-state index is 11.7. The van der Waals surface area contributed by atoms with Gasteiger partial charge in [0, 0.05) is 33.1 Å². The first-order valence-corrected chi connectivity index (χ1v) is 7.92. The Morgan fingerprint density at radius 2 is 2.14 bits per heavy atom. The molecule has 0 aromatic carbocycles. The number of nitrogens with zero attached hydrogens (tertiary/aromatic N) is 4. The number of amides is 1. The molecule has 0 saturated carbocycles. The summed E-state index contributed by atoms with van der Waals surface area (Å²) >= 11 is 1.63. The minimum absolute atomic E-state index is 0.0347. The first-order valence-electron chi connectivity index (χ1n) is 7.04. The minimum atomic E-state index is -0.0347. The zero-order valence-corrected chi connectivity index (χ0v) is 14.8. The van der Waals surface area contributed by atoms with Gasteiger partial charge < -0.3 is 15.1 Å². The summed E-state index contributed by atoms with van der Waals surface area (Å²) in [5.41, 5.74) is 2.00. The fraction of sp³-hybridized carbons (Fsp3) is 0.533. The van der Waals surface area contributed by atoms with E-state index < -0.39 is 0 Å². The number of hydrogen-bond donors (Lipinski definition) is 1. The van der Waals surface area contributed by atoms with Crippen LogP contribution in [0.4, 0.5) is 0 Å². The van der Waals surface area contributed by atoms with Crippen molar-refractivity contribution in [2.75, 3.05) is 34.2 Å². The lowest BCUT2D eigenvalue weighted by molar-refractivity contribution is -0.127. The van der Waals surface area contributed by atoms with E-state index in [2.05, 4.69) is 21.9 Å². The van der Waals surface area contributed by atoms with Gasteiger partial charge in [0.25, 0.3) is 0 Å². The van der Waals surface area contributed by atoms with Crippen molar-refractivity contribution in [2.24, 2.45) is 4.99 Å². The average molecular weight is 323 g/mol. The normalized spacial score (nSPS) is 11.2. The summed E-state index contributed by atoms with van der Waals surface area (Å²) in [5, 5.41) is 6.30. The van der Waals surface area contributed by atoms with Crippen molar-refractivity contribution < 1.29 is 4.79 Å². The zero-order valence-electron chi connectivity index (χ0n) is 14.0. The van der Waals surface area contributed by atoms with Gasteiger partial charge in [-0.1, -0.05) is 12.2 Å². The van der Waals surface area contributed by atoms with Gasteiger partial charge >= 0.3 is 0 Å². The highest BCUT2D eigenvalue weighted by Crippen LogP contribution is 2.09. The van der Waals surface area contributed by atoms with Crippen molar-refractivity contribution >= 4 is 23.2 Å². The molecule has 22 heavy (non-hydrogen) atoms. The van der Waals surface area contributed by atoms with Crippen molar-refractivity contribution in [3.05, 3.63) is 28.2 Å². The number of aliphatic imine (C=N–C) groups is 1. The number of aromatic nitrogens is 1. The largest absolute Gasteiger partial charge is 0.353 e. The fourth-order valence-corrected chi connectivity index (χ4v) is 2.23. The number of carbonyl (C=O) groups is 1. The Kier molecular flexibility index (Phi) is 7.04. The van der Waals surface area contributed by atoms with E-state index >= 15 is 0 Å². The lowest BCUT2D eigenvalue weighted by Crippen LogP contribution is -2.40. The Hall–Kier alpha value is -1.89. The molecule has 1 N–H and O–H groups in total. The van der Waals surface area contributed by atoms with Crippen LogP contribution < -0.4 is 5.32 Å². The Morgan fingerprint density at radius 1 is 1.45 bits per heavy atom. The maximum Gasteiger partial charge on any atom is 0.243 e. The van der Waals surface area contributed by atoms with Gasteiger partial charge in [0.1, 0.15) is 6.54 Å². The highest BCUT2D eigenvalue weighted by molar-refractivity contribution is 7.09. The standard InChI is InChI=1S/C15H25N5OS/c1-11(2)7-16-15(17-8-14(21)19(4)5)20(6)9-13-10-22-12(3)18-13/h10H,1,7-9H2,2-6H3,(H,16,17). The third kappa shape index (κ3) is 6.26. The molecule has 0 saturated heterocycles. The lowest BCUT2D eigenvalue weighted by atomic mass is 10.3. The quantitative estimate of drug-likeness (QED) is 0.489. The predicted octanol–water partition coefficient (Wildman–Crippen LogP) is 1.49. The van der Waals surface area contributed by atoms with Crippen molar-refractivity contribution in [3.63, 3.8) is 0 Å². The molecule has 7 heteroatoms. The molecule has 0 atom stereocenters. The smallest absolute Gasteiger partial charge is 0.243 e. The minimum Gasteiger partial charge on any atom is -0.353 e. The molecule has 0 aliphatic carbocycles. The third-order valence-corrected chi connectivity index (χ3v) is 3.66. The van der Waals surface area contributed by atoms with Crippen LogP contribution in [-0.2, 0) is 11.3 Å². The first kappa shape index (κ1) is 18.2. The van der Waals surface area contributed by atoms with Gasteiger partial charge in [0.2, 0.25) is 5.91 Å². The average Bonchev–Trinajstić information content (AvgIpc) is 2.83. The number of likely N-dealkylation sites (N-methyl/N-ethyl adjacent to an activating group) is 1. The number of carbonyl (C=O) groups excluding carboxylic acids is 1. The van der Waals surface area contributed by atoms with Crippen LogP contribution in [0.5, 0.6) is 0 Å². The van der Waals surface area contributed by atoms with E-state index in [1.807, 2.05) is 31.2 Å². The Labute approximate surface area is 136 Å². The van der Waals surface area contributed by atoms with Crippen molar-refractivity contribution in [1.82, 2.24) is 20.1 Å². The van der Waals surface area contributed by atoms with Gasteiger partial charge in [-0.25, -0.2) is 9.98 Å². The Balaban J connectivity index is 2.76. The van der Waals surface area contributed by atoms with Crippen molar-refractivity contribution in [2.45, 2.75) is 20.4 Å². The monoisotopic (exact) mass is 323 g/mol. The Morgan fingerprint density at radius 3 is 2.64 bits per heavy atom. The molecule has 0 bridgehead atoms. The summed E-state index contributed by atoms with van der Waals surface area (Å²) in [7, 11) is 5.38.